The number of rotatable bonds is 4. The van der Waals surface area contributed by atoms with Gasteiger partial charge in [-0.25, -0.2) is 4.98 Å². The Morgan fingerprint density at radius 3 is 2.96 bits per heavy atom. The number of nitrogens with zero attached hydrogens (tertiary/aromatic N) is 5. The zero-order valence-corrected chi connectivity index (χ0v) is 14.6. The fraction of sp³-hybridized carbons (Fsp3) is 0.294. The van der Waals surface area contributed by atoms with E-state index in [1.54, 1.807) is 21.3 Å². The Labute approximate surface area is 149 Å². The van der Waals surface area contributed by atoms with Crippen molar-refractivity contribution in [2.75, 3.05) is 20.1 Å². The number of likely N-dealkylation sites (N-methyl/N-ethyl adjacent to an activating group) is 1. The van der Waals surface area contributed by atoms with Crippen molar-refractivity contribution in [1.82, 2.24) is 30.2 Å². The van der Waals surface area contributed by atoms with Crippen molar-refractivity contribution in [3.63, 3.8) is 0 Å². The van der Waals surface area contributed by atoms with E-state index < -0.39 is 0 Å². The molecule has 3 heterocycles. The molecule has 1 atom stereocenters. The van der Waals surface area contributed by atoms with Gasteiger partial charge in [-0.05, 0) is 25.1 Å². The molecule has 1 aliphatic heterocycles. The molecule has 1 amide bonds. The van der Waals surface area contributed by atoms with E-state index in [0.717, 1.165) is 25.2 Å². The molecule has 0 aliphatic carbocycles. The van der Waals surface area contributed by atoms with Crippen molar-refractivity contribution in [1.29, 1.82) is 0 Å². The van der Waals surface area contributed by atoms with Crippen LogP contribution in [0.25, 0.3) is 16.4 Å². The average molecular weight is 354 g/mol. The van der Waals surface area contributed by atoms with Gasteiger partial charge in [0.05, 0.1) is 11.9 Å². The van der Waals surface area contributed by atoms with Crippen LogP contribution in [0.15, 0.2) is 41.9 Å². The third-order valence-electron chi connectivity index (χ3n) is 4.32. The number of hydrogen-bond donors (Lipinski definition) is 1. The highest BCUT2D eigenvalue weighted by atomic mass is 32.1. The van der Waals surface area contributed by atoms with Crippen LogP contribution >= 0.6 is 11.3 Å². The van der Waals surface area contributed by atoms with E-state index in [1.807, 2.05) is 37.4 Å². The molecule has 7 nitrogen and oxygen atoms in total. The normalized spacial score (nSPS) is 16.9. The summed E-state index contributed by atoms with van der Waals surface area (Å²) in [6, 6.07) is 9.93. The third kappa shape index (κ3) is 3.18. The molecule has 1 aromatic carbocycles. The summed E-state index contributed by atoms with van der Waals surface area (Å²) in [5.41, 5.74) is 2.01. The van der Waals surface area contributed by atoms with E-state index in [-0.39, 0.29) is 11.9 Å². The Kier molecular flexibility index (Phi) is 4.29. The second kappa shape index (κ2) is 6.73. The number of hydrogen-bond acceptors (Lipinski definition) is 6. The zero-order valence-electron chi connectivity index (χ0n) is 13.8. The molecule has 0 unspecified atom stereocenters. The third-order valence-corrected chi connectivity index (χ3v) is 5.19. The Bertz CT molecular complexity index is 868. The van der Waals surface area contributed by atoms with Crippen molar-refractivity contribution in [2.24, 2.45) is 0 Å². The van der Waals surface area contributed by atoms with E-state index in [2.05, 4.69) is 20.5 Å². The van der Waals surface area contributed by atoms with Crippen LogP contribution in [0.5, 0.6) is 0 Å². The molecule has 1 N–H and O–H groups in total. The highest BCUT2D eigenvalue weighted by Crippen LogP contribution is 2.23. The molecule has 0 spiro atoms. The molecule has 1 saturated heterocycles. The van der Waals surface area contributed by atoms with Gasteiger partial charge in [-0.3, -0.25) is 4.79 Å². The summed E-state index contributed by atoms with van der Waals surface area (Å²) in [5, 5.41) is 14.5. The highest BCUT2D eigenvalue weighted by molar-refractivity contribution is 7.13. The molecule has 0 radical (unpaired) electrons. The molecule has 4 rings (SSSR count). The number of carbonyl (C=O) groups excluding carboxylic acids is 1. The van der Waals surface area contributed by atoms with Gasteiger partial charge < -0.3 is 10.2 Å². The van der Waals surface area contributed by atoms with Crippen LogP contribution in [0.2, 0.25) is 0 Å². The van der Waals surface area contributed by atoms with E-state index in [9.17, 15) is 4.79 Å². The van der Waals surface area contributed by atoms with Crippen LogP contribution in [0.4, 0.5) is 0 Å². The summed E-state index contributed by atoms with van der Waals surface area (Å²) in [6.07, 6.45) is 2.65. The number of aromatic nitrogens is 4. The maximum absolute atomic E-state index is 12.6. The van der Waals surface area contributed by atoms with Gasteiger partial charge in [0.1, 0.15) is 16.4 Å². The molecule has 1 fully saturated rings. The number of para-hydroxylation sites is 1. The number of carbonyl (C=O) groups is 1. The molecule has 25 heavy (non-hydrogen) atoms. The molecule has 3 aromatic rings. The van der Waals surface area contributed by atoms with Crippen LogP contribution in [0.3, 0.4) is 0 Å². The summed E-state index contributed by atoms with van der Waals surface area (Å²) in [7, 11) is 1.84. The second-order valence-electron chi connectivity index (χ2n) is 5.96. The first kappa shape index (κ1) is 15.9. The Balaban J connectivity index is 1.53. The summed E-state index contributed by atoms with van der Waals surface area (Å²) in [4.78, 5) is 20.4. The standard InChI is InChI=1S/C17H18N6OS/c1-22(13-7-8-18-9-13)17(24)15-11-25-16(20-15)14-10-19-23(21-14)12-5-3-2-4-6-12/h2-6,10-11,13,18H,7-9H2,1H3/t13-/m0/s1. The van der Waals surface area contributed by atoms with E-state index in [4.69, 9.17) is 0 Å². The minimum absolute atomic E-state index is 0.0494. The van der Waals surface area contributed by atoms with Gasteiger partial charge in [0.25, 0.3) is 5.91 Å². The monoisotopic (exact) mass is 354 g/mol. The summed E-state index contributed by atoms with van der Waals surface area (Å²) in [6.45, 7) is 1.79. The van der Waals surface area contributed by atoms with Gasteiger partial charge in [-0.15, -0.1) is 16.4 Å². The van der Waals surface area contributed by atoms with Crippen LogP contribution in [0.1, 0.15) is 16.9 Å². The Morgan fingerprint density at radius 2 is 2.20 bits per heavy atom. The minimum Gasteiger partial charge on any atom is -0.336 e. The molecular weight excluding hydrogens is 336 g/mol. The van der Waals surface area contributed by atoms with Crippen molar-refractivity contribution in [2.45, 2.75) is 12.5 Å². The maximum Gasteiger partial charge on any atom is 0.273 e. The number of benzene rings is 1. The lowest BCUT2D eigenvalue weighted by atomic mass is 10.2. The quantitative estimate of drug-likeness (QED) is 0.773. The lowest BCUT2D eigenvalue weighted by molar-refractivity contribution is 0.0739. The zero-order chi connectivity index (χ0) is 17.2. The number of amides is 1. The first-order valence-electron chi connectivity index (χ1n) is 8.14. The molecule has 0 bridgehead atoms. The number of thiazole rings is 1. The molecule has 1 aliphatic rings. The fourth-order valence-corrected chi connectivity index (χ4v) is 3.60. The van der Waals surface area contributed by atoms with Gasteiger partial charge in [0, 0.05) is 25.0 Å². The van der Waals surface area contributed by atoms with Crippen LogP contribution < -0.4 is 5.32 Å². The summed E-state index contributed by atoms with van der Waals surface area (Å²) < 4.78 is 0. The van der Waals surface area contributed by atoms with Crippen LogP contribution in [-0.2, 0) is 0 Å². The van der Waals surface area contributed by atoms with E-state index in [1.165, 1.54) is 11.3 Å². The van der Waals surface area contributed by atoms with Gasteiger partial charge in [-0.1, -0.05) is 18.2 Å². The smallest absolute Gasteiger partial charge is 0.273 e. The largest absolute Gasteiger partial charge is 0.336 e. The predicted molar refractivity (Wildman–Crippen MR) is 95.8 cm³/mol. The van der Waals surface area contributed by atoms with Gasteiger partial charge in [-0.2, -0.15) is 9.90 Å². The van der Waals surface area contributed by atoms with E-state index in [0.29, 0.717) is 16.4 Å². The average Bonchev–Trinajstić information content (AvgIpc) is 3.42. The highest BCUT2D eigenvalue weighted by Gasteiger charge is 2.25. The first-order valence-corrected chi connectivity index (χ1v) is 9.02. The van der Waals surface area contributed by atoms with Gasteiger partial charge >= 0.3 is 0 Å². The first-order chi connectivity index (χ1) is 12.2. The molecule has 2 aromatic heterocycles. The maximum atomic E-state index is 12.6. The molecule has 8 heteroatoms. The van der Waals surface area contributed by atoms with Crippen LogP contribution in [0, 0.1) is 0 Å². The van der Waals surface area contributed by atoms with E-state index >= 15 is 0 Å². The van der Waals surface area contributed by atoms with Crippen molar-refractivity contribution in [3.8, 4) is 16.4 Å². The predicted octanol–water partition coefficient (Wildman–Crippen LogP) is 1.82. The topological polar surface area (TPSA) is 75.9 Å². The lowest BCUT2D eigenvalue weighted by Gasteiger charge is -2.22. The Hall–Kier alpha value is -2.58. The Morgan fingerprint density at radius 1 is 1.36 bits per heavy atom. The van der Waals surface area contributed by atoms with Crippen molar-refractivity contribution < 1.29 is 4.79 Å². The lowest BCUT2D eigenvalue weighted by Crippen LogP contribution is -2.38. The minimum atomic E-state index is -0.0494. The van der Waals surface area contributed by atoms with Gasteiger partial charge in [0.15, 0.2) is 0 Å². The van der Waals surface area contributed by atoms with Crippen molar-refractivity contribution in [3.05, 3.63) is 47.6 Å². The van der Waals surface area contributed by atoms with Crippen molar-refractivity contribution >= 4 is 17.2 Å². The number of nitrogens with one attached hydrogen (secondary N) is 1. The summed E-state index contributed by atoms with van der Waals surface area (Å²) >= 11 is 1.41. The summed E-state index contributed by atoms with van der Waals surface area (Å²) in [5.74, 6) is -0.0494. The fourth-order valence-electron chi connectivity index (χ4n) is 2.85. The van der Waals surface area contributed by atoms with Crippen LogP contribution in [-0.4, -0.2) is 57.0 Å². The second-order valence-corrected chi connectivity index (χ2v) is 6.81. The van der Waals surface area contributed by atoms with Gasteiger partial charge in [0.2, 0.25) is 0 Å². The SMILES string of the molecule is CN(C(=O)c1csc(-c2cnn(-c3ccccc3)n2)n1)[C@H]1CCNC1. The molecule has 128 valence electrons. The molecular formula is C17H18N6OS. The molecule has 0 saturated carbocycles.